The topological polar surface area (TPSA) is 44.9 Å². The molecule has 0 bridgehead atoms. The van der Waals surface area contributed by atoms with Crippen molar-refractivity contribution in [3.63, 3.8) is 0 Å². The Morgan fingerprint density at radius 1 is 1.27 bits per heavy atom. The van der Waals surface area contributed by atoms with E-state index in [0.29, 0.717) is 6.42 Å². The Hall–Kier alpha value is -2.27. The van der Waals surface area contributed by atoms with E-state index in [0.717, 1.165) is 41.0 Å². The summed E-state index contributed by atoms with van der Waals surface area (Å²) in [6.07, 6.45) is 5.01. The normalized spacial score (nSPS) is 16.4. The maximum atomic E-state index is 13.6. The van der Waals surface area contributed by atoms with Gasteiger partial charge < -0.3 is 10.3 Å². The van der Waals surface area contributed by atoms with Crippen molar-refractivity contribution in [3.8, 4) is 0 Å². The number of aromatic amines is 1. The molecule has 0 spiro atoms. The number of carbonyl (C=O) groups is 1. The van der Waals surface area contributed by atoms with Crippen LogP contribution in [0.5, 0.6) is 0 Å². The van der Waals surface area contributed by atoms with Gasteiger partial charge >= 0.3 is 0 Å². The summed E-state index contributed by atoms with van der Waals surface area (Å²) in [6, 6.07) is 13.0. The highest BCUT2D eigenvalue weighted by atomic mass is 32.2. The van der Waals surface area contributed by atoms with Gasteiger partial charge in [0.25, 0.3) is 0 Å². The summed E-state index contributed by atoms with van der Waals surface area (Å²) >= 11 is 1.72. The summed E-state index contributed by atoms with van der Waals surface area (Å²) in [7, 11) is 0. The highest BCUT2D eigenvalue weighted by Gasteiger charge is 2.22. The third-order valence-corrected chi connectivity index (χ3v) is 5.99. The fraction of sp³-hybridized carbons (Fsp3) is 0.286. The van der Waals surface area contributed by atoms with Crippen LogP contribution in [0.4, 0.5) is 4.39 Å². The molecule has 2 heterocycles. The van der Waals surface area contributed by atoms with Crippen LogP contribution in [0.15, 0.2) is 53.6 Å². The first-order chi connectivity index (χ1) is 12.7. The van der Waals surface area contributed by atoms with Crippen molar-refractivity contribution < 1.29 is 9.18 Å². The highest BCUT2D eigenvalue weighted by Crippen LogP contribution is 2.36. The summed E-state index contributed by atoms with van der Waals surface area (Å²) in [5.74, 6) is 0.737. The van der Waals surface area contributed by atoms with Crippen LogP contribution >= 0.6 is 11.8 Å². The van der Waals surface area contributed by atoms with Gasteiger partial charge in [-0.3, -0.25) is 4.79 Å². The number of amides is 1. The Bertz CT molecular complexity index is 937. The van der Waals surface area contributed by atoms with E-state index >= 15 is 0 Å². The Morgan fingerprint density at radius 2 is 2.15 bits per heavy atom. The minimum absolute atomic E-state index is 0.0388. The highest BCUT2D eigenvalue weighted by molar-refractivity contribution is 7.99. The summed E-state index contributed by atoms with van der Waals surface area (Å²) in [5, 5.41) is 4.32. The van der Waals surface area contributed by atoms with Crippen molar-refractivity contribution in [3.05, 3.63) is 65.6 Å². The number of hydrogen-bond donors (Lipinski definition) is 2. The monoisotopic (exact) mass is 368 g/mol. The molecule has 1 aliphatic rings. The van der Waals surface area contributed by atoms with E-state index < -0.39 is 0 Å². The lowest BCUT2D eigenvalue weighted by atomic mass is 10.0. The van der Waals surface area contributed by atoms with E-state index in [9.17, 15) is 9.18 Å². The number of H-pyrrole nitrogens is 1. The lowest BCUT2D eigenvalue weighted by Gasteiger charge is -2.26. The van der Waals surface area contributed by atoms with Crippen LogP contribution < -0.4 is 5.32 Å². The zero-order chi connectivity index (χ0) is 17.9. The average molecular weight is 368 g/mol. The molecule has 3 nitrogen and oxygen atoms in total. The number of thioether (sulfide) groups is 1. The third-order valence-electron chi connectivity index (χ3n) is 4.87. The second kappa shape index (κ2) is 7.54. The second-order valence-corrected chi connectivity index (χ2v) is 7.79. The first-order valence-corrected chi connectivity index (χ1v) is 9.96. The zero-order valence-electron chi connectivity index (χ0n) is 14.4. The number of hydrogen-bond acceptors (Lipinski definition) is 2. The Balaban J connectivity index is 1.34. The molecule has 5 heteroatoms. The molecule has 0 saturated heterocycles. The van der Waals surface area contributed by atoms with Crippen molar-refractivity contribution in [2.45, 2.75) is 36.6 Å². The van der Waals surface area contributed by atoms with Crippen LogP contribution in [0.2, 0.25) is 0 Å². The number of benzene rings is 2. The zero-order valence-corrected chi connectivity index (χ0v) is 15.2. The van der Waals surface area contributed by atoms with E-state index in [2.05, 4.69) is 22.4 Å². The molecular formula is C21H21FN2OS. The number of carbonyl (C=O) groups excluding carboxylic acids is 1. The maximum absolute atomic E-state index is 13.6. The van der Waals surface area contributed by atoms with E-state index in [1.807, 2.05) is 24.4 Å². The van der Waals surface area contributed by atoms with Gasteiger partial charge in [-0.2, -0.15) is 0 Å². The molecule has 3 aromatic rings. The van der Waals surface area contributed by atoms with Crippen molar-refractivity contribution >= 4 is 28.6 Å². The second-order valence-electron chi connectivity index (χ2n) is 6.65. The summed E-state index contributed by atoms with van der Waals surface area (Å²) in [4.78, 5) is 16.7. The molecule has 4 rings (SSSR count). The molecule has 0 radical (unpaired) electrons. The van der Waals surface area contributed by atoms with Gasteiger partial charge in [-0.15, -0.1) is 11.8 Å². The van der Waals surface area contributed by atoms with Crippen LogP contribution in [-0.4, -0.2) is 16.6 Å². The number of halogens is 1. The first kappa shape index (κ1) is 17.2. The average Bonchev–Trinajstić information content (AvgIpc) is 3.06. The smallest absolute Gasteiger partial charge is 0.220 e. The largest absolute Gasteiger partial charge is 0.361 e. The van der Waals surface area contributed by atoms with Gasteiger partial charge in [0.2, 0.25) is 5.91 Å². The van der Waals surface area contributed by atoms with Crippen LogP contribution in [0, 0.1) is 5.82 Å². The number of para-hydroxylation sites is 1. The summed E-state index contributed by atoms with van der Waals surface area (Å²) < 4.78 is 13.6. The molecule has 134 valence electrons. The van der Waals surface area contributed by atoms with E-state index in [1.54, 1.807) is 17.8 Å². The van der Waals surface area contributed by atoms with Gasteiger partial charge in [0.1, 0.15) is 5.82 Å². The van der Waals surface area contributed by atoms with Gasteiger partial charge in [-0.05, 0) is 54.7 Å². The maximum Gasteiger partial charge on any atom is 0.220 e. The minimum atomic E-state index is -0.246. The SMILES string of the molecule is O=C(CCCc1c[nH]c2ccccc12)NC1CCSc2ccc(F)cc21. The molecule has 0 fully saturated rings. The molecule has 1 aromatic heterocycles. The molecule has 0 saturated carbocycles. The van der Waals surface area contributed by atoms with Crippen LogP contribution in [0.3, 0.4) is 0 Å². The van der Waals surface area contributed by atoms with E-state index in [1.165, 1.54) is 17.0 Å². The van der Waals surface area contributed by atoms with Gasteiger partial charge in [0, 0.05) is 34.2 Å². The molecule has 1 amide bonds. The van der Waals surface area contributed by atoms with Crippen molar-refractivity contribution in [1.29, 1.82) is 0 Å². The molecule has 0 aliphatic carbocycles. The van der Waals surface area contributed by atoms with E-state index in [4.69, 9.17) is 0 Å². The number of fused-ring (bicyclic) bond motifs is 2. The predicted molar refractivity (Wildman–Crippen MR) is 104 cm³/mol. The van der Waals surface area contributed by atoms with Crippen LogP contribution in [-0.2, 0) is 11.2 Å². The van der Waals surface area contributed by atoms with Crippen LogP contribution in [0.1, 0.15) is 36.4 Å². The molecule has 1 atom stereocenters. The standard InChI is InChI=1S/C21H21FN2OS/c22-15-8-9-20-17(12-15)19(10-11-26-20)24-21(25)7-3-4-14-13-23-18-6-2-1-5-16(14)18/h1-2,5-6,8-9,12-13,19,23H,3-4,7,10-11H2,(H,24,25). The Morgan fingerprint density at radius 3 is 3.08 bits per heavy atom. The fourth-order valence-electron chi connectivity index (χ4n) is 3.56. The Labute approximate surface area is 156 Å². The van der Waals surface area contributed by atoms with Gasteiger partial charge in [-0.25, -0.2) is 4.39 Å². The molecule has 1 aliphatic heterocycles. The lowest BCUT2D eigenvalue weighted by Crippen LogP contribution is -2.30. The number of aryl methyl sites for hydroxylation is 1. The van der Waals surface area contributed by atoms with Gasteiger partial charge in [-0.1, -0.05) is 18.2 Å². The number of aromatic nitrogens is 1. The number of rotatable bonds is 5. The fourth-order valence-corrected chi connectivity index (χ4v) is 4.67. The summed E-state index contributed by atoms with van der Waals surface area (Å²) in [5.41, 5.74) is 3.28. The Kier molecular flexibility index (Phi) is 4.98. The van der Waals surface area contributed by atoms with E-state index in [-0.39, 0.29) is 17.8 Å². The van der Waals surface area contributed by atoms with Crippen molar-refractivity contribution in [2.24, 2.45) is 0 Å². The molecule has 1 unspecified atom stereocenters. The van der Waals surface area contributed by atoms with Gasteiger partial charge in [0.15, 0.2) is 0 Å². The third kappa shape index (κ3) is 3.63. The summed E-state index contributed by atoms with van der Waals surface area (Å²) in [6.45, 7) is 0. The quantitative estimate of drug-likeness (QED) is 0.667. The first-order valence-electron chi connectivity index (χ1n) is 8.97. The van der Waals surface area contributed by atoms with Crippen molar-refractivity contribution in [1.82, 2.24) is 10.3 Å². The number of nitrogens with one attached hydrogen (secondary N) is 2. The predicted octanol–water partition coefficient (Wildman–Crippen LogP) is 4.98. The molecule has 2 N–H and O–H groups in total. The minimum Gasteiger partial charge on any atom is -0.361 e. The van der Waals surface area contributed by atoms with Crippen LogP contribution in [0.25, 0.3) is 10.9 Å². The van der Waals surface area contributed by atoms with Gasteiger partial charge in [0.05, 0.1) is 6.04 Å². The molecular weight excluding hydrogens is 347 g/mol. The van der Waals surface area contributed by atoms with Crippen molar-refractivity contribution in [2.75, 3.05) is 5.75 Å². The lowest BCUT2D eigenvalue weighted by molar-refractivity contribution is -0.122. The molecule has 26 heavy (non-hydrogen) atoms. The molecule has 2 aromatic carbocycles.